The lowest BCUT2D eigenvalue weighted by atomic mass is 10.2. The normalized spacial score (nSPS) is 9.77. The number of aromatic carboxylic acids is 1. The molecule has 0 aliphatic carbocycles. The predicted octanol–water partition coefficient (Wildman–Crippen LogP) is 1.46. The maximum absolute atomic E-state index is 12.5. The second-order valence-corrected chi connectivity index (χ2v) is 2.23. The van der Waals surface area contributed by atoms with Gasteiger partial charge < -0.3 is 5.11 Å². The van der Waals surface area contributed by atoms with Crippen molar-refractivity contribution in [2.45, 2.75) is 0 Å². The van der Waals surface area contributed by atoms with Gasteiger partial charge in [-0.2, -0.15) is 0 Å². The van der Waals surface area contributed by atoms with Crippen LogP contribution in [0.15, 0.2) is 12.1 Å². The van der Waals surface area contributed by atoms with E-state index in [2.05, 4.69) is 0 Å². The number of hydrogen-bond donors (Lipinski definition) is 3. The first-order valence-corrected chi connectivity index (χ1v) is 3.18. The molecule has 0 saturated heterocycles. The van der Waals surface area contributed by atoms with Gasteiger partial charge >= 0.3 is 5.97 Å². The van der Waals surface area contributed by atoms with Crippen LogP contribution in [-0.4, -0.2) is 16.3 Å². The zero-order valence-corrected chi connectivity index (χ0v) is 6.21. The van der Waals surface area contributed by atoms with Crippen molar-refractivity contribution >= 4 is 11.7 Å². The van der Waals surface area contributed by atoms with Crippen molar-refractivity contribution in [1.29, 1.82) is 0 Å². The Morgan fingerprint density at radius 1 is 1.31 bits per heavy atom. The SMILES string of the molecule is O=C(O)c1cc(F)c(F)cc1NO. The van der Waals surface area contributed by atoms with E-state index in [-0.39, 0.29) is 0 Å². The number of carbonyl (C=O) groups is 1. The van der Waals surface area contributed by atoms with E-state index in [4.69, 9.17) is 10.3 Å². The number of carboxylic acids is 1. The number of nitrogens with one attached hydrogen (secondary N) is 1. The summed E-state index contributed by atoms with van der Waals surface area (Å²) in [5.41, 5.74) is 0.520. The standard InChI is InChI=1S/C7H5F2NO3/c8-4-1-3(7(11)12)6(10-13)2-5(4)9/h1-2,10,13H,(H,11,12). The van der Waals surface area contributed by atoms with Crippen molar-refractivity contribution in [3.63, 3.8) is 0 Å². The van der Waals surface area contributed by atoms with Crippen LogP contribution >= 0.6 is 0 Å². The van der Waals surface area contributed by atoms with E-state index in [0.717, 1.165) is 0 Å². The molecule has 0 fully saturated rings. The van der Waals surface area contributed by atoms with Crippen LogP contribution in [-0.2, 0) is 0 Å². The van der Waals surface area contributed by atoms with Gasteiger partial charge in [-0.3, -0.25) is 10.7 Å². The molecule has 0 radical (unpaired) electrons. The molecular formula is C7H5F2NO3. The Hall–Kier alpha value is -1.69. The molecule has 0 aliphatic rings. The summed E-state index contributed by atoms with van der Waals surface area (Å²) < 4.78 is 25.0. The molecule has 0 unspecified atom stereocenters. The molecule has 0 aliphatic heterocycles. The van der Waals surface area contributed by atoms with Crippen molar-refractivity contribution in [3.8, 4) is 0 Å². The van der Waals surface area contributed by atoms with Crippen molar-refractivity contribution in [3.05, 3.63) is 29.3 Å². The number of carboxylic acid groups (broad SMARTS) is 1. The van der Waals surface area contributed by atoms with Gasteiger partial charge in [-0.05, 0) is 6.07 Å². The van der Waals surface area contributed by atoms with E-state index >= 15 is 0 Å². The third kappa shape index (κ3) is 1.73. The molecule has 3 N–H and O–H groups in total. The van der Waals surface area contributed by atoms with Crippen molar-refractivity contribution < 1.29 is 23.9 Å². The number of anilines is 1. The summed E-state index contributed by atoms with van der Waals surface area (Å²) in [7, 11) is 0. The van der Waals surface area contributed by atoms with Crippen LogP contribution in [0.4, 0.5) is 14.5 Å². The van der Waals surface area contributed by atoms with Crippen molar-refractivity contribution in [1.82, 2.24) is 0 Å². The quantitative estimate of drug-likeness (QED) is 0.616. The van der Waals surface area contributed by atoms with Gasteiger partial charge in [0, 0.05) is 6.07 Å². The van der Waals surface area contributed by atoms with E-state index in [9.17, 15) is 13.6 Å². The molecule has 0 aromatic heterocycles. The fourth-order valence-corrected chi connectivity index (χ4v) is 0.816. The first kappa shape index (κ1) is 9.40. The summed E-state index contributed by atoms with van der Waals surface area (Å²) in [5.74, 6) is -3.98. The Kier molecular flexibility index (Phi) is 2.43. The van der Waals surface area contributed by atoms with Crippen LogP contribution in [0.3, 0.4) is 0 Å². The average Bonchev–Trinajstić information content (AvgIpc) is 2.08. The van der Waals surface area contributed by atoms with Crippen LogP contribution in [0.2, 0.25) is 0 Å². The molecule has 0 amide bonds. The summed E-state index contributed by atoms with van der Waals surface area (Å²) >= 11 is 0. The molecule has 4 nitrogen and oxygen atoms in total. The Morgan fingerprint density at radius 3 is 2.31 bits per heavy atom. The van der Waals surface area contributed by atoms with Crippen molar-refractivity contribution in [2.24, 2.45) is 0 Å². The van der Waals surface area contributed by atoms with Crippen LogP contribution in [0.1, 0.15) is 10.4 Å². The highest BCUT2D eigenvalue weighted by molar-refractivity contribution is 5.93. The summed E-state index contributed by atoms with van der Waals surface area (Å²) in [5, 5.41) is 16.9. The summed E-state index contributed by atoms with van der Waals surface area (Å²) in [6.45, 7) is 0. The van der Waals surface area contributed by atoms with Gasteiger partial charge in [0.25, 0.3) is 0 Å². The Morgan fingerprint density at radius 2 is 1.85 bits per heavy atom. The number of rotatable bonds is 2. The molecule has 0 spiro atoms. The van der Waals surface area contributed by atoms with Gasteiger partial charge in [0.1, 0.15) is 0 Å². The lowest BCUT2D eigenvalue weighted by Gasteiger charge is -2.04. The third-order valence-electron chi connectivity index (χ3n) is 1.41. The number of benzene rings is 1. The van der Waals surface area contributed by atoms with Crippen LogP contribution < -0.4 is 5.48 Å². The zero-order chi connectivity index (χ0) is 10.0. The fourth-order valence-electron chi connectivity index (χ4n) is 0.816. The minimum atomic E-state index is -1.46. The summed E-state index contributed by atoms with van der Waals surface area (Å²) in [6.07, 6.45) is 0. The Bertz CT molecular complexity index is 354. The van der Waals surface area contributed by atoms with Gasteiger partial charge in [-0.1, -0.05) is 0 Å². The molecule has 1 aromatic carbocycles. The molecule has 70 valence electrons. The van der Waals surface area contributed by atoms with Gasteiger partial charge in [0.15, 0.2) is 11.6 Å². The first-order chi connectivity index (χ1) is 6.06. The van der Waals surface area contributed by atoms with E-state index in [0.29, 0.717) is 12.1 Å². The highest BCUT2D eigenvalue weighted by atomic mass is 19.2. The molecule has 0 heterocycles. The van der Waals surface area contributed by atoms with Crippen LogP contribution in [0.5, 0.6) is 0 Å². The number of halogens is 2. The molecule has 0 atom stereocenters. The van der Waals surface area contributed by atoms with Crippen LogP contribution in [0.25, 0.3) is 0 Å². The molecule has 13 heavy (non-hydrogen) atoms. The van der Waals surface area contributed by atoms with E-state index < -0.39 is 28.9 Å². The lowest BCUT2D eigenvalue weighted by Crippen LogP contribution is -2.05. The first-order valence-electron chi connectivity index (χ1n) is 3.18. The monoisotopic (exact) mass is 189 g/mol. The highest BCUT2D eigenvalue weighted by Gasteiger charge is 2.14. The molecule has 1 rings (SSSR count). The van der Waals surface area contributed by atoms with Gasteiger partial charge in [-0.25, -0.2) is 13.6 Å². The summed E-state index contributed by atoms with van der Waals surface area (Å²) in [4.78, 5) is 10.4. The molecule has 0 saturated carbocycles. The predicted molar refractivity (Wildman–Crippen MR) is 38.7 cm³/mol. The topological polar surface area (TPSA) is 69.6 Å². The molecule has 6 heteroatoms. The Labute approximate surface area is 71.4 Å². The van der Waals surface area contributed by atoms with E-state index in [1.165, 1.54) is 5.48 Å². The maximum atomic E-state index is 12.5. The third-order valence-corrected chi connectivity index (χ3v) is 1.41. The highest BCUT2D eigenvalue weighted by Crippen LogP contribution is 2.19. The fraction of sp³-hybridized carbons (Fsp3) is 0. The second-order valence-electron chi connectivity index (χ2n) is 2.23. The summed E-state index contributed by atoms with van der Waals surface area (Å²) in [6, 6.07) is 1.04. The maximum Gasteiger partial charge on any atom is 0.337 e. The molecule has 1 aromatic rings. The zero-order valence-electron chi connectivity index (χ0n) is 6.21. The second kappa shape index (κ2) is 3.36. The number of hydrogen-bond acceptors (Lipinski definition) is 3. The minimum Gasteiger partial charge on any atom is -0.478 e. The van der Waals surface area contributed by atoms with Crippen LogP contribution in [0, 0.1) is 11.6 Å². The van der Waals surface area contributed by atoms with E-state index in [1.54, 1.807) is 0 Å². The average molecular weight is 189 g/mol. The van der Waals surface area contributed by atoms with E-state index in [1.807, 2.05) is 0 Å². The smallest absolute Gasteiger partial charge is 0.337 e. The minimum absolute atomic E-state index is 0.397. The van der Waals surface area contributed by atoms with Gasteiger partial charge in [-0.15, -0.1) is 0 Å². The molecular weight excluding hydrogens is 184 g/mol. The van der Waals surface area contributed by atoms with Gasteiger partial charge in [0.2, 0.25) is 0 Å². The van der Waals surface area contributed by atoms with Gasteiger partial charge in [0.05, 0.1) is 11.3 Å². The Balaban J connectivity index is 3.33. The van der Waals surface area contributed by atoms with Crippen molar-refractivity contribution in [2.75, 3.05) is 5.48 Å². The molecule has 0 bridgehead atoms. The lowest BCUT2D eigenvalue weighted by molar-refractivity contribution is 0.0696. The largest absolute Gasteiger partial charge is 0.478 e.